The van der Waals surface area contributed by atoms with Crippen LogP contribution in [0.1, 0.15) is 53.0 Å². The molecular weight excluding hydrogens is 474 g/mol. The number of amides is 2. The number of primary amides is 1. The number of carbonyl (C=O) groups is 2. The van der Waals surface area contributed by atoms with Gasteiger partial charge in [-0.1, -0.05) is 30.3 Å². The lowest BCUT2D eigenvalue weighted by molar-refractivity contribution is -0.120. The number of rotatable bonds is 8. The molecule has 5 N–H and O–H groups in total. The number of benzene rings is 3. The molecule has 2 amide bonds. The highest BCUT2D eigenvalue weighted by Crippen LogP contribution is 2.47. The Labute approximate surface area is 222 Å². The van der Waals surface area contributed by atoms with Crippen molar-refractivity contribution in [2.24, 2.45) is 11.5 Å². The summed E-state index contributed by atoms with van der Waals surface area (Å²) in [6.45, 7) is 2.49. The van der Waals surface area contributed by atoms with Gasteiger partial charge in [0.15, 0.2) is 0 Å². The first-order valence-corrected chi connectivity index (χ1v) is 12.8. The summed E-state index contributed by atoms with van der Waals surface area (Å²) in [5.41, 5.74) is 17.2. The Morgan fingerprint density at radius 1 is 1.00 bits per heavy atom. The van der Waals surface area contributed by atoms with Gasteiger partial charge < -0.3 is 21.7 Å². The van der Waals surface area contributed by atoms with Gasteiger partial charge in [0.2, 0.25) is 5.91 Å². The first-order chi connectivity index (χ1) is 18.2. The fraction of sp³-hybridized carbons (Fsp3) is 0.258. The van der Waals surface area contributed by atoms with E-state index in [1.165, 1.54) is 0 Å². The van der Waals surface area contributed by atoms with Crippen LogP contribution in [0.25, 0.3) is 21.9 Å². The van der Waals surface area contributed by atoms with Crippen molar-refractivity contribution in [2.75, 3.05) is 19.4 Å². The molecule has 1 aromatic heterocycles. The van der Waals surface area contributed by atoms with Crippen LogP contribution in [0.4, 0.5) is 5.69 Å². The smallest absolute Gasteiger partial charge is 0.255 e. The summed E-state index contributed by atoms with van der Waals surface area (Å²) < 4.78 is 0. The third-order valence-corrected chi connectivity index (χ3v) is 7.76. The molecule has 0 saturated heterocycles. The van der Waals surface area contributed by atoms with Gasteiger partial charge in [-0.2, -0.15) is 0 Å². The Morgan fingerprint density at radius 3 is 2.37 bits per heavy atom. The minimum Gasteiger partial charge on any atom is -0.369 e. The Morgan fingerprint density at radius 2 is 1.74 bits per heavy atom. The molecule has 0 bridgehead atoms. The van der Waals surface area contributed by atoms with E-state index in [0.29, 0.717) is 17.8 Å². The maximum Gasteiger partial charge on any atom is 0.255 e. The molecule has 0 radical (unpaired) electrons. The fourth-order valence-corrected chi connectivity index (χ4v) is 4.84. The number of nitrogens with one attached hydrogen (secondary N) is 1. The average molecular weight is 508 g/mol. The molecule has 1 heterocycles. The van der Waals surface area contributed by atoms with Crippen LogP contribution in [-0.4, -0.2) is 35.8 Å². The lowest BCUT2D eigenvalue weighted by atomic mass is 9.95. The first kappa shape index (κ1) is 25.6. The highest BCUT2D eigenvalue weighted by Gasteiger charge is 2.51. The van der Waals surface area contributed by atoms with E-state index in [4.69, 9.17) is 11.5 Å². The number of hydrogen-bond acceptors (Lipinski definition) is 5. The Balaban J connectivity index is 1.40. The van der Waals surface area contributed by atoms with E-state index in [9.17, 15) is 9.59 Å². The normalized spacial score (nSPS) is 14.9. The van der Waals surface area contributed by atoms with Crippen LogP contribution >= 0.6 is 0 Å². The van der Waals surface area contributed by atoms with E-state index < -0.39 is 5.41 Å². The summed E-state index contributed by atoms with van der Waals surface area (Å²) >= 11 is 0. The molecule has 1 aliphatic rings. The SMILES string of the molecule is CC(c1ccc(C(=O)Nc2ccc(CN)c(-c3ccc4cc(C5(C(N)=O)CC5)ncc4c3)c2)cc1)N(C)C. The van der Waals surface area contributed by atoms with Crippen LogP contribution in [-0.2, 0) is 16.8 Å². The van der Waals surface area contributed by atoms with E-state index in [2.05, 4.69) is 28.2 Å². The van der Waals surface area contributed by atoms with Gasteiger partial charge in [-0.05, 0) is 97.9 Å². The van der Waals surface area contributed by atoms with Crippen molar-refractivity contribution < 1.29 is 9.59 Å². The van der Waals surface area contributed by atoms with Crippen molar-refractivity contribution in [1.29, 1.82) is 0 Å². The van der Waals surface area contributed by atoms with Crippen LogP contribution in [0.2, 0.25) is 0 Å². The van der Waals surface area contributed by atoms with Gasteiger partial charge in [0.05, 0.1) is 11.1 Å². The quantitative estimate of drug-likeness (QED) is 0.318. The Hall–Kier alpha value is -4.07. The van der Waals surface area contributed by atoms with E-state index in [1.807, 2.05) is 74.8 Å². The molecule has 194 valence electrons. The van der Waals surface area contributed by atoms with Gasteiger partial charge >= 0.3 is 0 Å². The minimum atomic E-state index is -0.614. The molecule has 1 atom stereocenters. The van der Waals surface area contributed by atoms with Crippen LogP contribution in [0.5, 0.6) is 0 Å². The van der Waals surface area contributed by atoms with Crippen LogP contribution in [0, 0.1) is 0 Å². The van der Waals surface area contributed by atoms with Gasteiger partial charge in [0.1, 0.15) is 0 Å². The van der Waals surface area contributed by atoms with Crippen LogP contribution in [0.3, 0.4) is 0 Å². The number of hydrogen-bond donors (Lipinski definition) is 3. The van der Waals surface area contributed by atoms with E-state index >= 15 is 0 Å². The number of nitrogens with zero attached hydrogens (tertiary/aromatic N) is 2. The summed E-state index contributed by atoms with van der Waals surface area (Å²) in [5.74, 6) is -0.481. The summed E-state index contributed by atoms with van der Waals surface area (Å²) in [7, 11) is 4.06. The molecule has 0 spiro atoms. The zero-order valence-electron chi connectivity index (χ0n) is 22.0. The van der Waals surface area contributed by atoms with Gasteiger partial charge in [-0.15, -0.1) is 0 Å². The molecule has 7 heteroatoms. The molecule has 38 heavy (non-hydrogen) atoms. The lowest BCUT2D eigenvalue weighted by Crippen LogP contribution is -2.29. The standard InChI is InChI=1S/C31H33N5O2/c1-19(36(2)3)20-4-6-21(7-5-20)29(37)35-26-11-10-24(17-32)27(16-26)23-9-8-22-15-28(34-18-25(22)14-23)31(12-13-31)30(33)38/h4-11,14-16,18-19H,12-13,17,32H2,1-3H3,(H2,33,38)(H,35,37). The third-order valence-electron chi connectivity index (χ3n) is 7.76. The number of aromatic nitrogens is 1. The number of pyridine rings is 1. The molecule has 4 aromatic rings. The molecule has 1 aliphatic carbocycles. The molecule has 3 aromatic carbocycles. The molecule has 1 unspecified atom stereocenters. The molecule has 1 saturated carbocycles. The van der Waals surface area contributed by atoms with Gasteiger partial charge in [0, 0.05) is 35.4 Å². The van der Waals surface area contributed by atoms with Gasteiger partial charge in [-0.3, -0.25) is 14.6 Å². The van der Waals surface area contributed by atoms with E-state index in [-0.39, 0.29) is 17.9 Å². The molecule has 7 nitrogen and oxygen atoms in total. The van der Waals surface area contributed by atoms with Crippen molar-refractivity contribution in [2.45, 2.75) is 37.8 Å². The van der Waals surface area contributed by atoms with Gasteiger partial charge in [0.25, 0.3) is 5.91 Å². The van der Waals surface area contributed by atoms with E-state index in [1.54, 1.807) is 6.20 Å². The summed E-state index contributed by atoms with van der Waals surface area (Å²) in [5, 5.41) is 4.98. The molecule has 0 aliphatic heterocycles. The third kappa shape index (κ3) is 4.78. The van der Waals surface area contributed by atoms with Crippen molar-refractivity contribution in [3.8, 4) is 11.1 Å². The van der Waals surface area contributed by atoms with Crippen molar-refractivity contribution >= 4 is 28.3 Å². The second kappa shape index (κ2) is 10.0. The lowest BCUT2D eigenvalue weighted by Gasteiger charge is -2.20. The zero-order valence-corrected chi connectivity index (χ0v) is 22.0. The molecule has 5 rings (SSSR count). The van der Waals surface area contributed by atoms with Crippen molar-refractivity contribution in [1.82, 2.24) is 9.88 Å². The summed E-state index contributed by atoms with van der Waals surface area (Å²) in [6, 6.07) is 21.8. The highest BCUT2D eigenvalue weighted by molar-refractivity contribution is 6.04. The highest BCUT2D eigenvalue weighted by atomic mass is 16.2. The van der Waals surface area contributed by atoms with Crippen molar-refractivity contribution in [3.05, 3.63) is 95.3 Å². The largest absolute Gasteiger partial charge is 0.369 e. The zero-order chi connectivity index (χ0) is 27.0. The predicted molar refractivity (Wildman–Crippen MR) is 152 cm³/mol. The first-order valence-electron chi connectivity index (χ1n) is 12.8. The Kier molecular flexibility index (Phi) is 6.73. The number of fused-ring (bicyclic) bond motifs is 1. The molecular formula is C31H33N5O2. The monoisotopic (exact) mass is 507 g/mol. The fourth-order valence-electron chi connectivity index (χ4n) is 4.84. The summed E-state index contributed by atoms with van der Waals surface area (Å²) in [4.78, 5) is 31.6. The number of anilines is 1. The average Bonchev–Trinajstić information content (AvgIpc) is 3.74. The van der Waals surface area contributed by atoms with Crippen LogP contribution < -0.4 is 16.8 Å². The number of carbonyl (C=O) groups excluding carboxylic acids is 2. The number of nitrogens with two attached hydrogens (primary N) is 2. The maximum atomic E-state index is 13.0. The summed E-state index contributed by atoms with van der Waals surface area (Å²) in [6.07, 6.45) is 3.29. The topological polar surface area (TPSA) is 114 Å². The van der Waals surface area contributed by atoms with Gasteiger partial charge in [-0.25, -0.2) is 0 Å². The second-order valence-electron chi connectivity index (χ2n) is 10.4. The maximum absolute atomic E-state index is 13.0. The molecule has 1 fully saturated rings. The second-order valence-corrected chi connectivity index (χ2v) is 10.4. The van der Waals surface area contributed by atoms with E-state index in [0.717, 1.165) is 51.6 Å². The predicted octanol–water partition coefficient (Wildman–Crippen LogP) is 4.75. The minimum absolute atomic E-state index is 0.167. The van der Waals surface area contributed by atoms with Crippen LogP contribution in [0.15, 0.2) is 72.9 Å². The van der Waals surface area contributed by atoms with Crippen molar-refractivity contribution in [3.63, 3.8) is 0 Å². The Bertz CT molecular complexity index is 1520.